The van der Waals surface area contributed by atoms with Crippen LogP contribution >= 0.6 is 23.1 Å². The van der Waals surface area contributed by atoms with E-state index in [0.717, 1.165) is 18.3 Å². The SMILES string of the molecule is OCCC1=C(c2cc3ccccc3s2)N2CCN=C2S1. The lowest BCUT2D eigenvalue weighted by molar-refractivity contribution is 0.301. The van der Waals surface area contributed by atoms with Gasteiger partial charge in [-0.05, 0) is 17.5 Å². The van der Waals surface area contributed by atoms with E-state index in [1.165, 1.54) is 25.6 Å². The van der Waals surface area contributed by atoms with E-state index in [1.807, 2.05) is 11.3 Å². The number of nitrogens with zero attached hydrogens (tertiary/aromatic N) is 2. The van der Waals surface area contributed by atoms with Crippen LogP contribution in [0.5, 0.6) is 0 Å². The number of aliphatic hydroxyl groups is 1. The highest BCUT2D eigenvalue weighted by Crippen LogP contribution is 2.45. The van der Waals surface area contributed by atoms with Gasteiger partial charge in [0.25, 0.3) is 0 Å². The summed E-state index contributed by atoms with van der Waals surface area (Å²) in [5.41, 5.74) is 1.27. The summed E-state index contributed by atoms with van der Waals surface area (Å²) >= 11 is 3.54. The molecule has 0 saturated heterocycles. The third kappa shape index (κ3) is 1.89. The molecule has 0 aliphatic carbocycles. The third-order valence-corrected chi connectivity index (χ3v) is 5.85. The number of aliphatic hydroxyl groups excluding tert-OH is 1. The number of thiophene rings is 1. The summed E-state index contributed by atoms with van der Waals surface area (Å²) in [6.07, 6.45) is 0.712. The smallest absolute Gasteiger partial charge is 0.168 e. The van der Waals surface area contributed by atoms with Crippen LogP contribution in [0.4, 0.5) is 0 Å². The van der Waals surface area contributed by atoms with Crippen molar-refractivity contribution in [2.45, 2.75) is 6.42 Å². The molecule has 4 rings (SSSR count). The molecule has 1 aromatic carbocycles. The lowest BCUT2D eigenvalue weighted by Crippen LogP contribution is -2.19. The maximum Gasteiger partial charge on any atom is 0.168 e. The van der Waals surface area contributed by atoms with E-state index >= 15 is 0 Å². The summed E-state index contributed by atoms with van der Waals surface area (Å²) in [6, 6.07) is 10.7. The van der Waals surface area contributed by atoms with Crippen molar-refractivity contribution in [3.63, 3.8) is 0 Å². The molecule has 0 fully saturated rings. The normalized spacial score (nSPS) is 18.1. The highest BCUT2D eigenvalue weighted by atomic mass is 32.2. The minimum atomic E-state index is 0.192. The number of thioether (sulfide) groups is 1. The highest BCUT2D eigenvalue weighted by molar-refractivity contribution is 8.17. The average molecular weight is 302 g/mol. The van der Waals surface area contributed by atoms with E-state index in [-0.39, 0.29) is 6.61 Å². The number of aliphatic imine (C=N–C) groups is 1. The lowest BCUT2D eigenvalue weighted by Gasteiger charge is -2.15. The maximum atomic E-state index is 9.29. The molecule has 0 atom stereocenters. The molecule has 0 bridgehead atoms. The molecule has 2 aliphatic rings. The molecule has 1 N–H and O–H groups in total. The molecule has 0 unspecified atom stereocenters. The van der Waals surface area contributed by atoms with E-state index in [9.17, 15) is 5.11 Å². The van der Waals surface area contributed by atoms with Gasteiger partial charge in [0.1, 0.15) is 0 Å². The Bertz CT molecular complexity index is 699. The first kappa shape index (κ1) is 12.4. The minimum Gasteiger partial charge on any atom is -0.396 e. The van der Waals surface area contributed by atoms with E-state index in [0.29, 0.717) is 6.42 Å². The van der Waals surface area contributed by atoms with Crippen LogP contribution in [0, 0.1) is 0 Å². The lowest BCUT2D eigenvalue weighted by atomic mass is 10.2. The molecule has 1 aromatic heterocycles. The molecule has 102 valence electrons. The van der Waals surface area contributed by atoms with Crippen molar-refractivity contribution < 1.29 is 5.11 Å². The Morgan fingerprint density at radius 2 is 2.20 bits per heavy atom. The molecule has 3 nitrogen and oxygen atoms in total. The highest BCUT2D eigenvalue weighted by Gasteiger charge is 2.33. The summed E-state index contributed by atoms with van der Waals surface area (Å²) in [6.45, 7) is 2.03. The monoisotopic (exact) mass is 302 g/mol. The van der Waals surface area contributed by atoms with Crippen molar-refractivity contribution in [3.8, 4) is 0 Å². The van der Waals surface area contributed by atoms with Crippen molar-refractivity contribution in [2.24, 2.45) is 4.99 Å². The Morgan fingerprint density at radius 3 is 3.05 bits per heavy atom. The zero-order chi connectivity index (χ0) is 13.5. The second-order valence-corrected chi connectivity index (χ2v) is 6.96. The number of hydrogen-bond acceptors (Lipinski definition) is 5. The fraction of sp³-hybridized carbons (Fsp3) is 0.267. The second-order valence-electron chi connectivity index (χ2n) is 4.81. The standard InChI is InChI=1S/C15H14N2OS2/c18-8-5-12-14(17-7-6-16-15(17)20-12)13-9-10-3-1-2-4-11(10)19-13/h1-4,9,18H,5-8H2. The van der Waals surface area contributed by atoms with Crippen LogP contribution in [0.2, 0.25) is 0 Å². The van der Waals surface area contributed by atoms with Crippen LogP contribution in [0.25, 0.3) is 15.8 Å². The maximum absolute atomic E-state index is 9.29. The van der Waals surface area contributed by atoms with Crippen LogP contribution < -0.4 is 0 Å². The van der Waals surface area contributed by atoms with Crippen molar-refractivity contribution in [1.82, 2.24) is 4.90 Å². The van der Waals surface area contributed by atoms with E-state index in [4.69, 9.17) is 0 Å². The first-order valence-corrected chi connectivity index (χ1v) is 8.33. The van der Waals surface area contributed by atoms with Crippen molar-refractivity contribution in [1.29, 1.82) is 0 Å². The van der Waals surface area contributed by atoms with Crippen LogP contribution in [0.15, 0.2) is 40.2 Å². The number of hydrogen-bond donors (Lipinski definition) is 1. The zero-order valence-corrected chi connectivity index (χ0v) is 12.5. The average Bonchev–Trinajstić information content (AvgIpc) is 3.11. The van der Waals surface area contributed by atoms with Gasteiger partial charge in [0.2, 0.25) is 0 Å². The molecule has 2 aromatic rings. The van der Waals surface area contributed by atoms with Crippen LogP contribution in [-0.4, -0.2) is 34.9 Å². The number of fused-ring (bicyclic) bond motifs is 2. The van der Waals surface area contributed by atoms with Crippen molar-refractivity contribution in [2.75, 3.05) is 19.7 Å². The van der Waals surface area contributed by atoms with Gasteiger partial charge in [-0.1, -0.05) is 30.0 Å². The van der Waals surface area contributed by atoms with Crippen molar-refractivity contribution >= 4 is 44.0 Å². The Balaban J connectivity index is 1.84. The van der Waals surface area contributed by atoms with Gasteiger partial charge in [-0.15, -0.1) is 11.3 Å². The van der Waals surface area contributed by atoms with Crippen molar-refractivity contribution in [3.05, 3.63) is 40.1 Å². The minimum absolute atomic E-state index is 0.192. The fourth-order valence-corrected chi connectivity index (χ4v) is 5.06. The number of rotatable bonds is 3. The zero-order valence-electron chi connectivity index (χ0n) is 10.9. The third-order valence-electron chi connectivity index (χ3n) is 3.55. The molecule has 0 saturated carbocycles. The van der Waals surface area contributed by atoms with Gasteiger partial charge in [-0.2, -0.15) is 0 Å². The summed E-state index contributed by atoms with van der Waals surface area (Å²) in [7, 11) is 0. The van der Waals surface area contributed by atoms with Crippen LogP contribution in [0.3, 0.4) is 0 Å². The molecule has 2 aliphatic heterocycles. The fourth-order valence-electron chi connectivity index (χ4n) is 2.67. The summed E-state index contributed by atoms with van der Waals surface area (Å²) in [4.78, 5) is 9.39. The predicted octanol–water partition coefficient (Wildman–Crippen LogP) is 3.37. The van der Waals surface area contributed by atoms with Gasteiger partial charge >= 0.3 is 0 Å². The molecule has 0 amide bonds. The number of benzene rings is 1. The van der Waals surface area contributed by atoms with Gasteiger partial charge in [0.15, 0.2) is 5.17 Å². The molecule has 3 heterocycles. The van der Waals surface area contributed by atoms with Gasteiger partial charge in [-0.25, -0.2) is 0 Å². The molecule has 0 spiro atoms. The Labute approximate surface area is 125 Å². The van der Waals surface area contributed by atoms with Crippen LogP contribution in [0.1, 0.15) is 11.3 Å². The molecule has 0 radical (unpaired) electrons. The number of amidine groups is 1. The molecular weight excluding hydrogens is 288 g/mol. The summed E-state index contributed by atoms with van der Waals surface area (Å²) in [5.74, 6) is 0. The largest absolute Gasteiger partial charge is 0.396 e. The molecular formula is C15H14N2OS2. The molecule has 5 heteroatoms. The second kappa shape index (κ2) is 4.91. The van der Waals surface area contributed by atoms with Gasteiger partial charge in [0.05, 0.1) is 17.1 Å². The Morgan fingerprint density at radius 1 is 1.30 bits per heavy atom. The summed E-state index contributed by atoms with van der Waals surface area (Å²) in [5, 5.41) is 11.7. The molecule has 20 heavy (non-hydrogen) atoms. The first-order valence-electron chi connectivity index (χ1n) is 6.69. The van der Waals surface area contributed by atoms with Crippen LogP contribution in [-0.2, 0) is 0 Å². The Kier molecular flexibility index (Phi) is 3.06. The quantitative estimate of drug-likeness (QED) is 0.944. The van der Waals surface area contributed by atoms with E-state index in [1.54, 1.807) is 11.8 Å². The topological polar surface area (TPSA) is 35.8 Å². The first-order chi connectivity index (χ1) is 9.86. The van der Waals surface area contributed by atoms with Gasteiger partial charge < -0.3 is 10.0 Å². The summed E-state index contributed by atoms with van der Waals surface area (Å²) < 4.78 is 1.31. The van der Waals surface area contributed by atoms with E-state index in [2.05, 4.69) is 40.2 Å². The van der Waals surface area contributed by atoms with Gasteiger partial charge in [-0.3, -0.25) is 4.99 Å². The predicted molar refractivity (Wildman–Crippen MR) is 87.0 cm³/mol. The Hall–Kier alpha value is -1.30. The van der Waals surface area contributed by atoms with E-state index < -0.39 is 0 Å². The van der Waals surface area contributed by atoms with Gasteiger partial charge in [0, 0.05) is 29.2 Å².